The van der Waals surface area contributed by atoms with Crippen LogP contribution >= 0.6 is 0 Å². The molecule has 5 nitrogen and oxygen atoms in total. The maximum atomic E-state index is 13.4. The van der Waals surface area contributed by atoms with E-state index < -0.39 is 0 Å². The summed E-state index contributed by atoms with van der Waals surface area (Å²) in [6.07, 6.45) is 1.91. The molecule has 0 saturated carbocycles. The van der Waals surface area contributed by atoms with Crippen LogP contribution in [0.3, 0.4) is 0 Å². The first kappa shape index (κ1) is 22.9. The normalized spacial score (nSPS) is 14.8. The van der Waals surface area contributed by atoms with Crippen LogP contribution in [0.4, 0.5) is 4.39 Å². The van der Waals surface area contributed by atoms with E-state index in [-0.39, 0.29) is 24.2 Å². The Bertz CT molecular complexity index is 1090. The molecule has 2 heterocycles. The Hall–Kier alpha value is -3.25. The van der Waals surface area contributed by atoms with Crippen LogP contribution < -0.4 is 10.1 Å². The van der Waals surface area contributed by atoms with Gasteiger partial charge in [-0.25, -0.2) is 4.39 Å². The molecule has 0 unspecified atom stereocenters. The zero-order chi connectivity index (χ0) is 23.2. The highest BCUT2D eigenvalue weighted by molar-refractivity contribution is 5.95. The van der Waals surface area contributed by atoms with Crippen LogP contribution in [-0.4, -0.2) is 36.0 Å². The summed E-state index contributed by atoms with van der Waals surface area (Å²) in [5, 5.41) is 2.93. The summed E-state index contributed by atoms with van der Waals surface area (Å²) in [6, 6.07) is 18.2. The maximum absolute atomic E-state index is 13.4. The molecule has 1 aliphatic heterocycles. The number of carbonyl (C=O) groups is 1. The van der Waals surface area contributed by atoms with Crippen molar-refractivity contribution in [3.63, 3.8) is 0 Å². The second-order valence-electron chi connectivity index (χ2n) is 8.60. The van der Waals surface area contributed by atoms with Gasteiger partial charge in [-0.1, -0.05) is 24.3 Å². The minimum absolute atomic E-state index is 0.164. The van der Waals surface area contributed by atoms with Gasteiger partial charge in [0.05, 0.1) is 18.4 Å². The van der Waals surface area contributed by atoms with E-state index in [1.54, 1.807) is 19.2 Å². The molecule has 0 atom stereocenters. The van der Waals surface area contributed by atoms with Crippen molar-refractivity contribution < 1.29 is 13.9 Å². The molecule has 172 valence electrons. The molecule has 1 N–H and O–H groups in total. The minimum Gasteiger partial charge on any atom is -0.497 e. The predicted octanol–water partition coefficient (Wildman–Crippen LogP) is 4.85. The molecule has 0 aliphatic carbocycles. The van der Waals surface area contributed by atoms with Crippen molar-refractivity contribution in [2.45, 2.75) is 38.8 Å². The van der Waals surface area contributed by atoms with Gasteiger partial charge in [0.15, 0.2) is 0 Å². The Kier molecular flexibility index (Phi) is 7.35. The molecule has 0 bridgehead atoms. The number of piperidine rings is 1. The van der Waals surface area contributed by atoms with Gasteiger partial charge in [-0.15, -0.1) is 0 Å². The van der Waals surface area contributed by atoms with E-state index in [1.807, 2.05) is 31.2 Å². The number of carbonyl (C=O) groups excluding carboxylic acids is 1. The number of likely N-dealkylation sites (tertiary alicyclic amines) is 1. The summed E-state index contributed by atoms with van der Waals surface area (Å²) in [6.45, 7) is 5.05. The number of hydrogen-bond acceptors (Lipinski definition) is 4. The van der Waals surface area contributed by atoms with E-state index >= 15 is 0 Å². The van der Waals surface area contributed by atoms with Crippen LogP contribution in [0.1, 0.15) is 51.6 Å². The molecular formula is C27H30FN3O2. The molecule has 1 saturated heterocycles. The van der Waals surface area contributed by atoms with Gasteiger partial charge in [-0.2, -0.15) is 0 Å². The lowest BCUT2D eigenvalue weighted by molar-refractivity contribution is 0.0947. The number of methoxy groups -OCH3 is 1. The number of rotatable bonds is 7. The lowest BCUT2D eigenvalue weighted by atomic mass is 9.89. The summed E-state index contributed by atoms with van der Waals surface area (Å²) in [4.78, 5) is 20.2. The Balaban J connectivity index is 1.39. The number of nitrogens with zero attached hydrogens (tertiary/aromatic N) is 2. The lowest BCUT2D eigenvalue weighted by Crippen LogP contribution is -2.34. The van der Waals surface area contributed by atoms with Crippen molar-refractivity contribution in [3.05, 3.63) is 94.6 Å². The highest BCUT2D eigenvalue weighted by Crippen LogP contribution is 2.30. The van der Waals surface area contributed by atoms with E-state index in [9.17, 15) is 9.18 Å². The van der Waals surface area contributed by atoms with Gasteiger partial charge in [0.2, 0.25) is 0 Å². The summed E-state index contributed by atoms with van der Waals surface area (Å²) < 4.78 is 18.7. The topological polar surface area (TPSA) is 54.5 Å². The number of amides is 1. The van der Waals surface area contributed by atoms with Gasteiger partial charge >= 0.3 is 0 Å². The summed E-state index contributed by atoms with van der Waals surface area (Å²) in [7, 11) is 1.68. The first-order valence-corrected chi connectivity index (χ1v) is 11.4. The molecule has 3 aromatic rings. The molecule has 1 amide bonds. The molecule has 33 heavy (non-hydrogen) atoms. The SMILES string of the molecule is COc1ccc(CN2CCC(c3nc(C)ccc3C(=O)NCc3cccc(F)c3)CC2)cc1. The number of ether oxygens (including phenoxy) is 1. The van der Waals surface area contributed by atoms with Gasteiger partial charge < -0.3 is 10.1 Å². The Morgan fingerprint density at radius 2 is 1.85 bits per heavy atom. The highest BCUT2D eigenvalue weighted by Gasteiger charge is 2.26. The standard InChI is InChI=1S/C27H30FN3O2/c1-19-6-11-25(27(32)29-17-21-4-3-5-23(28)16-21)26(30-19)22-12-14-31(15-13-22)18-20-7-9-24(33-2)10-8-20/h3-11,16,22H,12-15,17-18H2,1-2H3,(H,29,32). The number of hydrogen-bond donors (Lipinski definition) is 1. The van der Waals surface area contributed by atoms with Crippen LogP contribution in [0.15, 0.2) is 60.7 Å². The van der Waals surface area contributed by atoms with E-state index in [0.29, 0.717) is 5.56 Å². The van der Waals surface area contributed by atoms with Crippen LogP contribution in [-0.2, 0) is 13.1 Å². The second kappa shape index (κ2) is 10.6. The van der Waals surface area contributed by atoms with E-state index in [0.717, 1.165) is 55.2 Å². The summed E-state index contributed by atoms with van der Waals surface area (Å²) in [5.74, 6) is 0.640. The zero-order valence-electron chi connectivity index (χ0n) is 19.2. The first-order valence-electron chi connectivity index (χ1n) is 11.4. The number of aromatic nitrogens is 1. The van der Waals surface area contributed by atoms with Crippen molar-refractivity contribution in [3.8, 4) is 5.75 Å². The van der Waals surface area contributed by atoms with Crippen molar-refractivity contribution in [1.82, 2.24) is 15.2 Å². The largest absolute Gasteiger partial charge is 0.497 e. The molecule has 1 fully saturated rings. The molecule has 2 aromatic carbocycles. The van der Waals surface area contributed by atoms with Gasteiger partial charge in [0, 0.05) is 24.7 Å². The zero-order valence-corrected chi connectivity index (χ0v) is 19.2. The van der Waals surface area contributed by atoms with Gasteiger partial charge in [0.1, 0.15) is 11.6 Å². The van der Waals surface area contributed by atoms with E-state index in [1.165, 1.54) is 17.7 Å². The predicted molar refractivity (Wildman–Crippen MR) is 127 cm³/mol. The Labute approximate surface area is 194 Å². The van der Waals surface area contributed by atoms with Crippen LogP contribution in [0.2, 0.25) is 0 Å². The first-order chi connectivity index (χ1) is 16.0. The number of benzene rings is 2. The molecule has 0 spiro atoms. The molecule has 1 aliphatic rings. The van der Waals surface area contributed by atoms with Gasteiger partial charge in [-0.3, -0.25) is 14.7 Å². The van der Waals surface area contributed by atoms with Crippen LogP contribution in [0, 0.1) is 12.7 Å². The fraction of sp³-hybridized carbons (Fsp3) is 0.333. The van der Waals surface area contributed by atoms with Crippen molar-refractivity contribution in [2.24, 2.45) is 0 Å². The van der Waals surface area contributed by atoms with Gasteiger partial charge in [-0.05, 0) is 80.4 Å². The minimum atomic E-state index is -0.305. The Morgan fingerprint density at radius 3 is 2.55 bits per heavy atom. The third-order valence-corrected chi connectivity index (χ3v) is 6.19. The van der Waals surface area contributed by atoms with Crippen LogP contribution in [0.25, 0.3) is 0 Å². The van der Waals surface area contributed by atoms with E-state index in [2.05, 4.69) is 22.3 Å². The molecule has 4 rings (SSSR count). The lowest BCUT2D eigenvalue weighted by Gasteiger charge is -2.32. The molecular weight excluding hydrogens is 417 g/mol. The van der Waals surface area contributed by atoms with Crippen molar-refractivity contribution in [2.75, 3.05) is 20.2 Å². The molecule has 6 heteroatoms. The molecule has 1 aromatic heterocycles. The number of halogens is 1. The van der Waals surface area contributed by atoms with Crippen LogP contribution in [0.5, 0.6) is 5.75 Å². The molecule has 0 radical (unpaired) electrons. The van der Waals surface area contributed by atoms with Crippen molar-refractivity contribution >= 4 is 5.91 Å². The third-order valence-electron chi connectivity index (χ3n) is 6.19. The fourth-order valence-corrected chi connectivity index (χ4v) is 4.36. The number of aryl methyl sites for hydroxylation is 1. The quantitative estimate of drug-likeness (QED) is 0.563. The Morgan fingerprint density at radius 1 is 1.09 bits per heavy atom. The summed E-state index contributed by atoms with van der Waals surface area (Å²) >= 11 is 0. The van der Waals surface area contributed by atoms with E-state index in [4.69, 9.17) is 9.72 Å². The average Bonchev–Trinajstić information content (AvgIpc) is 2.83. The fourth-order valence-electron chi connectivity index (χ4n) is 4.36. The second-order valence-corrected chi connectivity index (χ2v) is 8.60. The average molecular weight is 448 g/mol. The number of pyridine rings is 1. The van der Waals surface area contributed by atoms with Crippen molar-refractivity contribution in [1.29, 1.82) is 0 Å². The monoisotopic (exact) mass is 447 g/mol. The van der Waals surface area contributed by atoms with Gasteiger partial charge in [0.25, 0.3) is 5.91 Å². The maximum Gasteiger partial charge on any atom is 0.253 e. The third kappa shape index (κ3) is 5.96. The smallest absolute Gasteiger partial charge is 0.253 e. The summed E-state index contributed by atoms with van der Waals surface area (Å²) in [5.41, 5.74) is 4.39. The number of nitrogens with one attached hydrogen (secondary N) is 1. The highest BCUT2D eigenvalue weighted by atomic mass is 19.1.